The second kappa shape index (κ2) is 5.81. The number of rotatable bonds is 3. The number of aryl methyl sites for hydroxylation is 1. The van der Waals surface area contributed by atoms with Crippen LogP contribution in [-0.4, -0.2) is 41.4 Å². The number of nitrogens with zero attached hydrogens (tertiary/aromatic N) is 3. The molecule has 1 fully saturated rings. The number of hydrogen-bond acceptors (Lipinski definition) is 4. The van der Waals surface area contributed by atoms with Gasteiger partial charge in [-0.2, -0.15) is 4.98 Å². The Hall–Kier alpha value is -1.95. The summed E-state index contributed by atoms with van der Waals surface area (Å²) in [5, 5.41) is 10.4. The molecular weight excluding hydrogens is 269 g/mol. The first-order chi connectivity index (χ1) is 10.2. The Morgan fingerprint density at radius 2 is 2.10 bits per heavy atom. The molecule has 0 radical (unpaired) electrons. The molecular formula is C15H20FN5. The molecule has 0 saturated carbocycles. The molecule has 2 N–H and O–H groups in total. The quantitative estimate of drug-likeness (QED) is 0.908. The average Bonchev–Trinajstić information content (AvgIpc) is 2.97. The zero-order valence-electron chi connectivity index (χ0n) is 12.4. The number of nitrogens with one attached hydrogen (secondary N) is 2. The maximum absolute atomic E-state index is 14.0. The Balaban J connectivity index is 1.77. The third-order valence-corrected chi connectivity index (χ3v) is 4.04. The van der Waals surface area contributed by atoms with Crippen LogP contribution in [0.25, 0.3) is 11.4 Å². The molecule has 0 amide bonds. The molecule has 0 bridgehead atoms. The minimum Gasteiger partial charge on any atom is -0.339 e. The summed E-state index contributed by atoms with van der Waals surface area (Å²) < 4.78 is 14.0. The van der Waals surface area contributed by atoms with Gasteiger partial charge in [-0.25, -0.2) is 4.39 Å². The van der Waals surface area contributed by atoms with E-state index in [1.165, 1.54) is 6.07 Å². The molecule has 0 atom stereocenters. The van der Waals surface area contributed by atoms with Gasteiger partial charge in [0.15, 0.2) is 5.82 Å². The highest BCUT2D eigenvalue weighted by molar-refractivity contribution is 5.57. The number of halogens is 1. The number of hydrogen-bond donors (Lipinski definition) is 2. The minimum atomic E-state index is -0.272. The average molecular weight is 289 g/mol. The van der Waals surface area contributed by atoms with Gasteiger partial charge in [0.05, 0.1) is 5.56 Å². The van der Waals surface area contributed by atoms with Crippen molar-refractivity contribution in [1.82, 2.24) is 20.5 Å². The summed E-state index contributed by atoms with van der Waals surface area (Å²) in [6.45, 7) is 3.70. The first-order valence-electron chi connectivity index (χ1n) is 7.28. The largest absolute Gasteiger partial charge is 0.339 e. The number of aromatic amines is 1. The lowest BCUT2D eigenvalue weighted by Crippen LogP contribution is -2.41. The van der Waals surface area contributed by atoms with Gasteiger partial charge in [-0.1, -0.05) is 6.07 Å². The zero-order chi connectivity index (χ0) is 14.8. The number of benzene rings is 1. The molecule has 6 heteroatoms. The molecule has 1 aliphatic heterocycles. The van der Waals surface area contributed by atoms with E-state index in [9.17, 15) is 4.39 Å². The van der Waals surface area contributed by atoms with Crippen molar-refractivity contribution in [3.63, 3.8) is 0 Å². The van der Waals surface area contributed by atoms with Crippen molar-refractivity contribution in [2.24, 2.45) is 0 Å². The molecule has 1 aromatic carbocycles. The molecule has 21 heavy (non-hydrogen) atoms. The van der Waals surface area contributed by atoms with Gasteiger partial charge in [-0.05, 0) is 44.5 Å². The zero-order valence-corrected chi connectivity index (χ0v) is 12.4. The first kappa shape index (κ1) is 14.0. The monoisotopic (exact) mass is 289 g/mol. The third kappa shape index (κ3) is 2.90. The molecule has 0 aliphatic carbocycles. The van der Waals surface area contributed by atoms with Gasteiger partial charge >= 0.3 is 0 Å². The van der Waals surface area contributed by atoms with Gasteiger partial charge in [0.1, 0.15) is 5.82 Å². The van der Waals surface area contributed by atoms with E-state index in [1.807, 2.05) is 20.0 Å². The fourth-order valence-electron chi connectivity index (χ4n) is 2.70. The molecule has 1 aliphatic rings. The van der Waals surface area contributed by atoms with Crippen LogP contribution in [0, 0.1) is 12.7 Å². The molecule has 1 saturated heterocycles. The first-order valence-corrected chi connectivity index (χ1v) is 7.28. The number of piperidine rings is 1. The standard InChI is InChI=1S/C15H20FN5/c1-10-3-4-12(13(16)9-10)14-18-15(20-19-14)21-7-5-11(17-2)6-8-21/h3-4,9,11,17H,5-8H2,1-2H3,(H,18,19,20). The van der Waals surface area contributed by atoms with Crippen molar-refractivity contribution in [1.29, 1.82) is 0 Å². The van der Waals surface area contributed by atoms with Crippen LogP contribution in [0.5, 0.6) is 0 Å². The summed E-state index contributed by atoms with van der Waals surface area (Å²) >= 11 is 0. The van der Waals surface area contributed by atoms with Gasteiger partial charge in [0, 0.05) is 19.1 Å². The second-order valence-corrected chi connectivity index (χ2v) is 5.52. The van der Waals surface area contributed by atoms with Crippen molar-refractivity contribution in [3.8, 4) is 11.4 Å². The molecule has 0 unspecified atom stereocenters. The smallest absolute Gasteiger partial charge is 0.245 e. The van der Waals surface area contributed by atoms with Gasteiger partial charge < -0.3 is 10.2 Å². The Kier molecular flexibility index (Phi) is 3.88. The normalized spacial score (nSPS) is 16.4. The molecule has 3 rings (SSSR count). The van der Waals surface area contributed by atoms with Crippen LogP contribution < -0.4 is 10.2 Å². The number of H-pyrrole nitrogens is 1. The van der Waals surface area contributed by atoms with Crippen molar-refractivity contribution >= 4 is 5.95 Å². The van der Waals surface area contributed by atoms with Crippen LogP contribution in [0.2, 0.25) is 0 Å². The van der Waals surface area contributed by atoms with E-state index in [2.05, 4.69) is 25.4 Å². The molecule has 112 valence electrons. The van der Waals surface area contributed by atoms with Crippen LogP contribution in [0.3, 0.4) is 0 Å². The summed E-state index contributed by atoms with van der Waals surface area (Å²) in [7, 11) is 1.99. The van der Waals surface area contributed by atoms with Crippen LogP contribution in [-0.2, 0) is 0 Å². The van der Waals surface area contributed by atoms with E-state index < -0.39 is 0 Å². The van der Waals surface area contributed by atoms with Crippen molar-refractivity contribution in [2.45, 2.75) is 25.8 Å². The lowest BCUT2D eigenvalue weighted by Gasteiger charge is -2.30. The van der Waals surface area contributed by atoms with Crippen LogP contribution >= 0.6 is 0 Å². The topological polar surface area (TPSA) is 56.8 Å². The maximum atomic E-state index is 14.0. The Morgan fingerprint density at radius 1 is 1.33 bits per heavy atom. The summed E-state index contributed by atoms with van der Waals surface area (Å²) in [6, 6.07) is 5.69. The van der Waals surface area contributed by atoms with Gasteiger partial charge in [-0.15, -0.1) is 5.10 Å². The Bertz CT molecular complexity index is 616. The van der Waals surface area contributed by atoms with Crippen LogP contribution in [0.4, 0.5) is 10.3 Å². The summed E-state index contributed by atoms with van der Waals surface area (Å²) in [4.78, 5) is 6.58. The molecule has 2 aromatic rings. The van der Waals surface area contributed by atoms with Gasteiger partial charge in [0.2, 0.25) is 5.95 Å². The van der Waals surface area contributed by atoms with E-state index in [0.29, 0.717) is 23.4 Å². The van der Waals surface area contributed by atoms with E-state index in [4.69, 9.17) is 0 Å². The SMILES string of the molecule is CNC1CCN(c2n[nH]c(-c3ccc(C)cc3F)n2)CC1. The van der Waals surface area contributed by atoms with Gasteiger partial charge in [-0.3, -0.25) is 5.10 Å². The summed E-state index contributed by atoms with van der Waals surface area (Å²) in [5.74, 6) is 0.865. The van der Waals surface area contributed by atoms with Crippen molar-refractivity contribution in [3.05, 3.63) is 29.6 Å². The number of aromatic nitrogens is 3. The predicted octanol–water partition coefficient (Wildman–Crippen LogP) is 2.11. The minimum absolute atomic E-state index is 0.272. The number of anilines is 1. The van der Waals surface area contributed by atoms with Gasteiger partial charge in [0.25, 0.3) is 0 Å². The van der Waals surface area contributed by atoms with Crippen LogP contribution in [0.1, 0.15) is 18.4 Å². The second-order valence-electron chi connectivity index (χ2n) is 5.52. The van der Waals surface area contributed by atoms with Crippen LogP contribution in [0.15, 0.2) is 18.2 Å². The van der Waals surface area contributed by atoms with Crippen molar-refractivity contribution in [2.75, 3.05) is 25.0 Å². The highest BCUT2D eigenvalue weighted by Gasteiger charge is 2.21. The van der Waals surface area contributed by atoms with E-state index in [1.54, 1.807) is 6.07 Å². The summed E-state index contributed by atoms with van der Waals surface area (Å²) in [5.41, 5.74) is 1.36. The molecule has 2 heterocycles. The highest BCUT2D eigenvalue weighted by Crippen LogP contribution is 2.23. The fraction of sp³-hybridized carbons (Fsp3) is 0.467. The molecule has 0 spiro atoms. The third-order valence-electron chi connectivity index (χ3n) is 4.04. The fourth-order valence-corrected chi connectivity index (χ4v) is 2.70. The van der Waals surface area contributed by atoms with E-state index in [0.717, 1.165) is 31.5 Å². The van der Waals surface area contributed by atoms with E-state index in [-0.39, 0.29) is 5.82 Å². The molecule has 1 aromatic heterocycles. The van der Waals surface area contributed by atoms with Crippen molar-refractivity contribution < 1.29 is 4.39 Å². The Morgan fingerprint density at radius 3 is 2.76 bits per heavy atom. The van der Waals surface area contributed by atoms with E-state index >= 15 is 0 Å². The maximum Gasteiger partial charge on any atom is 0.245 e. The lowest BCUT2D eigenvalue weighted by molar-refractivity contribution is 0.439. The predicted molar refractivity (Wildman–Crippen MR) is 80.8 cm³/mol. The lowest BCUT2D eigenvalue weighted by atomic mass is 10.1. The highest BCUT2D eigenvalue weighted by atomic mass is 19.1. The molecule has 5 nitrogen and oxygen atoms in total. The Labute approximate surface area is 123 Å². The summed E-state index contributed by atoms with van der Waals surface area (Å²) in [6.07, 6.45) is 2.14.